The number of H-pyrrole nitrogens is 1. The molecule has 3 aromatic rings. The molecule has 5 nitrogen and oxygen atoms in total. The smallest absolute Gasteiger partial charge is 0.233 e. The van der Waals surface area contributed by atoms with Gasteiger partial charge in [-0.15, -0.1) is 0 Å². The van der Waals surface area contributed by atoms with Crippen molar-refractivity contribution in [1.29, 1.82) is 0 Å². The summed E-state index contributed by atoms with van der Waals surface area (Å²) in [5, 5.41) is 1.14. The van der Waals surface area contributed by atoms with Gasteiger partial charge in [-0.2, -0.15) is 0 Å². The van der Waals surface area contributed by atoms with Crippen molar-refractivity contribution in [2.75, 3.05) is 5.75 Å². The van der Waals surface area contributed by atoms with E-state index in [-0.39, 0.29) is 23.5 Å². The monoisotopic (exact) mass is 390 g/mol. The second-order valence-electron chi connectivity index (χ2n) is 6.20. The summed E-state index contributed by atoms with van der Waals surface area (Å²) < 4.78 is 13.9. The van der Waals surface area contributed by atoms with Crippen LogP contribution in [0.15, 0.2) is 41.7 Å². The SMILES string of the molecule is O=C(CSc1nc2ncc(Cl)cc2[nH]1)N(Cc1ccccc1F)C1CC1. The lowest BCUT2D eigenvalue weighted by Crippen LogP contribution is -2.34. The van der Waals surface area contributed by atoms with Crippen LogP contribution in [0.5, 0.6) is 0 Å². The number of nitrogens with zero attached hydrogens (tertiary/aromatic N) is 3. The Balaban J connectivity index is 1.44. The number of halogens is 2. The Morgan fingerprint density at radius 2 is 2.19 bits per heavy atom. The Morgan fingerprint density at radius 3 is 2.96 bits per heavy atom. The summed E-state index contributed by atoms with van der Waals surface area (Å²) in [5.74, 6) is -0.0653. The molecular formula is C18H16ClFN4OS. The minimum absolute atomic E-state index is 0.0211. The van der Waals surface area contributed by atoms with Gasteiger partial charge in [0.05, 0.1) is 16.3 Å². The summed E-state index contributed by atoms with van der Waals surface area (Å²) in [6.45, 7) is 0.300. The van der Waals surface area contributed by atoms with E-state index in [0.717, 1.165) is 18.4 Å². The zero-order valence-corrected chi connectivity index (χ0v) is 15.4. The molecule has 1 aromatic carbocycles. The van der Waals surface area contributed by atoms with Gasteiger partial charge in [-0.25, -0.2) is 14.4 Å². The Kier molecular flexibility index (Phi) is 4.82. The zero-order valence-electron chi connectivity index (χ0n) is 13.8. The van der Waals surface area contributed by atoms with Crippen LogP contribution in [-0.4, -0.2) is 37.6 Å². The molecule has 1 aliphatic carbocycles. The molecule has 2 heterocycles. The van der Waals surface area contributed by atoms with E-state index in [0.29, 0.717) is 27.9 Å². The van der Waals surface area contributed by atoms with Gasteiger partial charge in [-0.1, -0.05) is 41.6 Å². The van der Waals surface area contributed by atoms with Crippen LogP contribution in [0.1, 0.15) is 18.4 Å². The molecule has 1 N–H and O–H groups in total. The van der Waals surface area contributed by atoms with Gasteiger partial charge in [-0.3, -0.25) is 4.79 Å². The van der Waals surface area contributed by atoms with Gasteiger partial charge in [0, 0.05) is 24.3 Å². The average Bonchev–Trinajstić information content (AvgIpc) is 3.38. The number of imidazole rings is 1. The maximum absolute atomic E-state index is 13.9. The molecular weight excluding hydrogens is 375 g/mol. The lowest BCUT2D eigenvalue weighted by atomic mass is 10.2. The molecule has 8 heteroatoms. The van der Waals surface area contributed by atoms with Crippen molar-refractivity contribution in [3.63, 3.8) is 0 Å². The quantitative estimate of drug-likeness (QED) is 0.645. The number of fused-ring (bicyclic) bond motifs is 1. The molecule has 0 spiro atoms. The Labute approximate surface area is 159 Å². The lowest BCUT2D eigenvalue weighted by Gasteiger charge is -2.22. The van der Waals surface area contributed by atoms with Gasteiger partial charge in [-0.05, 0) is 25.0 Å². The number of benzene rings is 1. The molecule has 0 unspecified atom stereocenters. The van der Waals surface area contributed by atoms with E-state index in [1.165, 1.54) is 24.0 Å². The van der Waals surface area contributed by atoms with Crippen molar-refractivity contribution >= 4 is 40.4 Å². The third kappa shape index (κ3) is 3.83. The average molecular weight is 391 g/mol. The standard InChI is InChI=1S/C18H16ClFN4OS/c19-12-7-15-17(21-8-12)23-18(22-15)26-10-16(25)24(13-5-6-13)9-11-3-1-2-4-14(11)20/h1-4,7-8,13H,5-6,9-10H2,(H,21,22,23). The number of carbonyl (C=O) groups is 1. The maximum Gasteiger partial charge on any atom is 0.233 e. The van der Waals surface area contributed by atoms with Crippen molar-refractivity contribution in [2.45, 2.75) is 30.6 Å². The molecule has 0 bridgehead atoms. The van der Waals surface area contributed by atoms with Crippen LogP contribution in [0.3, 0.4) is 0 Å². The minimum atomic E-state index is -0.279. The number of carbonyl (C=O) groups excluding carboxylic acids is 1. The predicted molar refractivity (Wildman–Crippen MR) is 99.6 cm³/mol. The van der Waals surface area contributed by atoms with Crippen molar-refractivity contribution < 1.29 is 9.18 Å². The molecule has 26 heavy (non-hydrogen) atoms. The van der Waals surface area contributed by atoms with E-state index in [4.69, 9.17) is 11.6 Å². The van der Waals surface area contributed by atoms with Crippen LogP contribution in [0.4, 0.5) is 4.39 Å². The number of rotatable bonds is 6. The predicted octanol–water partition coefficient (Wildman–Crippen LogP) is 4.03. The van der Waals surface area contributed by atoms with E-state index in [1.54, 1.807) is 29.2 Å². The van der Waals surface area contributed by atoms with Crippen LogP contribution >= 0.6 is 23.4 Å². The van der Waals surface area contributed by atoms with Crippen LogP contribution in [0.25, 0.3) is 11.2 Å². The molecule has 4 rings (SSSR count). The minimum Gasteiger partial charge on any atom is -0.335 e. The van der Waals surface area contributed by atoms with E-state index in [9.17, 15) is 9.18 Å². The van der Waals surface area contributed by atoms with E-state index in [2.05, 4.69) is 15.0 Å². The number of thioether (sulfide) groups is 1. The van der Waals surface area contributed by atoms with Crippen molar-refractivity contribution in [3.05, 3.63) is 52.9 Å². The van der Waals surface area contributed by atoms with Crippen LogP contribution in [0.2, 0.25) is 5.02 Å². The molecule has 2 aromatic heterocycles. The van der Waals surface area contributed by atoms with E-state index >= 15 is 0 Å². The molecule has 1 amide bonds. The highest BCUT2D eigenvalue weighted by molar-refractivity contribution is 7.99. The maximum atomic E-state index is 13.9. The first kappa shape index (κ1) is 17.3. The summed E-state index contributed by atoms with van der Waals surface area (Å²) in [6.07, 6.45) is 3.48. The fraction of sp³-hybridized carbons (Fsp3) is 0.278. The van der Waals surface area contributed by atoms with Crippen LogP contribution < -0.4 is 0 Å². The summed E-state index contributed by atoms with van der Waals surface area (Å²) >= 11 is 7.23. The lowest BCUT2D eigenvalue weighted by molar-refractivity contribution is -0.129. The van der Waals surface area contributed by atoms with Gasteiger partial charge in [0.25, 0.3) is 0 Å². The Morgan fingerprint density at radius 1 is 1.38 bits per heavy atom. The van der Waals surface area contributed by atoms with E-state index < -0.39 is 0 Å². The number of hydrogen-bond donors (Lipinski definition) is 1. The summed E-state index contributed by atoms with van der Waals surface area (Å²) in [5.41, 5.74) is 1.84. The topological polar surface area (TPSA) is 61.9 Å². The Bertz CT molecular complexity index is 959. The second-order valence-corrected chi connectivity index (χ2v) is 7.60. The molecule has 134 valence electrons. The molecule has 0 aliphatic heterocycles. The first-order chi connectivity index (χ1) is 12.6. The van der Waals surface area contributed by atoms with Crippen LogP contribution in [0, 0.1) is 5.82 Å². The molecule has 1 fully saturated rings. The molecule has 0 saturated heterocycles. The first-order valence-electron chi connectivity index (χ1n) is 8.27. The molecule has 0 atom stereocenters. The van der Waals surface area contributed by atoms with Crippen LogP contribution in [-0.2, 0) is 11.3 Å². The highest BCUT2D eigenvalue weighted by Gasteiger charge is 2.33. The van der Waals surface area contributed by atoms with Gasteiger partial charge in [0.15, 0.2) is 10.8 Å². The van der Waals surface area contributed by atoms with Crippen molar-refractivity contribution in [1.82, 2.24) is 19.9 Å². The number of pyridine rings is 1. The third-order valence-electron chi connectivity index (χ3n) is 4.22. The van der Waals surface area contributed by atoms with Gasteiger partial charge in [0.2, 0.25) is 5.91 Å². The number of aromatic nitrogens is 3. The normalized spacial score (nSPS) is 13.9. The first-order valence-corrected chi connectivity index (χ1v) is 9.63. The zero-order chi connectivity index (χ0) is 18.1. The third-order valence-corrected chi connectivity index (χ3v) is 5.29. The molecule has 1 saturated carbocycles. The largest absolute Gasteiger partial charge is 0.335 e. The van der Waals surface area contributed by atoms with Gasteiger partial charge in [0.1, 0.15) is 5.82 Å². The van der Waals surface area contributed by atoms with Crippen molar-refractivity contribution in [2.24, 2.45) is 0 Å². The summed E-state index contributed by atoms with van der Waals surface area (Å²) in [7, 11) is 0. The highest BCUT2D eigenvalue weighted by Crippen LogP contribution is 2.30. The van der Waals surface area contributed by atoms with Gasteiger partial charge >= 0.3 is 0 Å². The summed E-state index contributed by atoms with van der Waals surface area (Å²) in [4.78, 5) is 26.1. The van der Waals surface area contributed by atoms with Gasteiger partial charge < -0.3 is 9.88 Å². The fourth-order valence-corrected chi connectivity index (χ4v) is 3.67. The Hall–Kier alpha value is -2.12. The second kappa shape index (κ2) is 7.25. The summed E-state index contributed by atoms with van der Waals surface area (Å²) in [6, 6.07) is 8.54. The number of aromatic amines is 1. The number of amides is 1. The highest BCUT2D eigenvalue weighted by atomic mass is 35.5. The van der Waals surface area contributed by atoms with E-state index in [1.807, 2.05) is 0 Å². The number of nitrogens with one attached hydrogen (secondary N) is 1. The van der Waals surface area contributed by atoms with Crippen molar-refractivity contribution in [3.8, 4) is 0 Å². The fourth-order valence-electron chi connectivity index (χ4n) is 2.75. The number of hydrogen-bond acceptors (Lipinski definition) is 4. The molecule has 1 aliphatic rings. The molecule has 0 radical (unpaired) electrons.